The summed E-state index contributed by atoms with van der Waals surface area (Å²) in [7, 11) is 0. The molecule has 0 radical (unpaired) electrons. The second-order valence-electron chi connectivity index (χ2n) is 6.46. The van der Waals surface area contributed by atoms with E-state index in [-0.39, 0.29) is 11.9 Å². The van der Waals surface area contributed by atoms with Gasteiger partial charge in [0, 0.05) is 4.88 Å². The minimum Gasteiger partial charge on any atom is -0.343 e. The van der Waals surface area contributed by atoms with Crippen LogP contribution in [0.1, 0.15) is 46.3 Å². The molecule has 27 heavy (non-hydrogen) atoms. The van der Waals surface area contributed by atoms with Crippen LogP contribution < -0.4 is 5.32 Å². The van der Waals surface area contributed by atoms with E-state index in [2.05, 4.69) is 32.0 Å². The van der Waals surface area contributed by atoms with Crippen molar-refractivity contribution < 1.29 is 4.79 Å². The van der Waals surface area contributed by atoms with Crippen LogP contribution in [0.2, 0.25) is 0 Å². The number of aromatic amines is 1. The van der Waals surface area contributed by atoms with Gasteiger partial charge in [0.05, 0.1) is 29.3 Å². The van der Waals surface area contributed by atoms with Crippen molar-refractivity contribution >= 4 is 28.3 Å². The maximum Gasteiger partial charge on any atom is 0.272 e. The molecule has 3 heterocycles. The van der Waals surface area contributed by atoms with Crippen molar-refractivity contribution in [2.45, 2.75) is 32.9 Å². The number of rotatable bonds is 6. The lowest BCUT2D eigenvalue weighted by atomic mass is 10.2. The van der Waals surface area contributed by atoms with E-state index < -0.39 is 0 Å². The quantitative estimate of drug-likeness (QED) is 0.530. The molecular weight excluding hydrogens is 358 g/mol. The number of nitrogens with one attached hydrogen (secondary N) is 2. The number of nitrogens with zero attached hydrogens (tertiary/aromatic N) is 3. The predicted octanol–water partition coefficient (Wildman–Crippen LogP) is 4.06. The zero-order valence-electron chi connectivity index (χ0n) is 15.3. The van der Waals surface area contributed by atoms with Crippen LogP contribution >= 0.6 is 11.3 Å². The maximum absolute atomic E-state index is 12.6. The number of imidazole rings is 1. The number of fused-ring (bicyclic) bond motifs is 1. The number of hydrogen-bond acceptors (Lipinski definition) is 4. The third-order valence-electron chi connectivity index (χ3n) is 4.64. The Bertz CT molecular complexity index is 1060. The van der Waals surface area contributed by atoms with Crippen LogP contribution in [-0.4, -0.2) is 25.7 Å². The van der Waals surface area contributed by atoms with E-state index in [4.69, 9.17) is 0 Å². The van der Waals surface area contributed by atoms with E-state index in [1.54, 1.807) is 11.3 Å². The molecule has 0 bridgehead atoms. The zero-order valence-corrected chi connectivity index (χ0v) is 16.1. The van der Waals surface area contributed by atoms with Gasteiger partial charge >= 0.3 is 0 Å². The zero-order chi connectivity index (χ0) is 18.8. The minimum atomic E-state index is -0.162. The first-order valence-corrected chi connectivity index (χ1v) is 9.84. The lowest BCUT2D eigenvalue weighted by Crippen LogP contribution is -2.27. The van der Waals surface area contributed by atoms with E-state index >= 15 is 0 Å². The molecule has 6 nitrogen and oxygen atoms in total. The standard InChI is InChI=1S/C20H21N5OS/c1-3-15(19-9-6-10-27-19)22-20(26)17-11-14(23-24-17)12-25-13(2)21-16-7-4-5-8-18(16)25/h4-11,15H,3,12H2,1-2H3,(H,22,26)(H,23,24)/t15-/m0/s1. The number of aryl methyl sites for hydroxylation is 1. The molecule has 3 aromatic heterocycles. The number of para-hydroxylation sites is 2. The number of hydrogen-bond donors (Lipinski definition) is 2. The Balaban J connectivity index is 1.51. The van der Waals surface area contributed by atoms with Crippen LogP contribution in [0.25, 0.3) is 11.0 Å². The molecule has 1 aromatic carbocycles. The average molecular weight is 379 g/mol. The van der Waals surface area contributed by atoms with Gasteiger partial charge in [0.25, 0.3) is 5.91 Å². The first kappa shape index (κ1) is 17.5. The molecule has 0 aliphatic rings. The fraction of sp³-hybridized carbons (Fsp3) is 0.250. The van der Waals surface area contributed by atoms with Crippen molar-refractivity contribution in [3.63, 3.8) is 0 Å². The predicted molar refractivity (Wildman–Crippen MR) is 107 cm³/mol. The molecule has 138 valence electrons. The maximum atomic E-state index is 12.6. The number of carbonyl (C=O) groups is 1. The Morgan fingerprint density at radius 3 is 2.93 bits per heavy atom. The van der Waals surface area contributed by atoms with Gasteiger partial charge in [0.2, 0.25) is 0 Å². The number of amides is 1. The van der Waals surface area contributed by atoms with E-state index in [0.29, 0.717) is 12.2 Å². The molecule has 4 rings (SSSR count). The van der Waals surface area contributed by atoms with Crippen LogP contribution in [0.5, 0.6) is 0 Å². The first-order chi connectivity index (χ1) is 13.2. The highest BCUT2D eigenvalue weighted by Gasteiger charge is 2.17. The van der Waals surface area contributed by atoms with Crippen LogP contribution in [0.3, 0.4) is 0 Å². The van der Waals surface area contributed by atoms with Crippen molar-refractivity contribution in [3.05, 3.63) is 69.9 Å². The van der Waals surface area contributed by atoms with Crippen LogP contribution in [0.15, 0.2) is 47.8 Å². The average Bonchev–Trinajstić information content (AvgIpc) is 3.41. The van der Waals surface area contributed by atoms with Gasteiger partial charge in [-0.2, -0.15) is 5.10 Å². The molecule has 0 saturated heterocycles. The second kappa shape index (κ2) is 7.36. The van der Waals surface area contributed by atoms with E-state index in [9.17, 15) is 4.79 Å². The van der Waals surface area contributed by atoms with Crippen molar-refractivity contribution in [1.82, 2.24) is 25.1 Å². The lowest BCUT2D eigenvalue weighted by Gasteiger charge is -2.14. The van der Waals surface area contributed by atoms with Crippen molar-refractivity contribution in [2.75, 3.05) is 0 Å². The van der Waals surface area contributed by atoms with Crippen LogP contribution in [0, 0.1) is 6.92 Å². The third-order valence-corrected chi connectivity index (χ3v) is 5.62. The van der Waals surface area contributed by atoms with Gasteiger partial charge in [-0.3, -0.25) is 9.89 Å². The van der Waals surface area contributed by atoms with Crippen molar-refractivity contribution in [2.24, 2.45) is 0 Å². The van der Waals surface area contributed by atoms with Gasteiger partial charge in [-0.15, -0.1) is 11.3 Å². The van der Waals surface area contributed by atoms with Gasteiger partial charge in [0.15, 0.2) is 0 Å². The molecule has 0 saturated carbocycles. The fourth-order valence-electron chi connectivity index (χ4n) is 3.22. The third kappa shape index (κ3) is 3.50. The Morgan fingerprint density at radius 1 is 1.30 bits per heavy atom. The molecule has 0 aliphatic carbocycles. The topological polar surface area (TPSA) is 75.6 Å². The van der Waals surface area contributed by atoms with Crippen LogP contribution in [-0.2, 0) is 6.54 Å². The molecule has 0 fully saturated rings. The number of carbonyl (C=O) groups excluding carboxylic acids is 1. The van der Waals surface area contributed by atoms with Gasteiger partial charge < -0.3 is 9.88 Å². The summed E-state index contributed by atoms with van der Waals surface area (Å²) < 4.78 is 2.12. The minimum absolute atomic E-state index is 0.0116. The highest BCUT2D eigenvalue weighted by atomic mass is 32.1. The van der Waals surface area contributed by atoms with Gasteiger partial charge in [-0.25, -0.2) is 4.98 Å². The molecule has 7 heteroatoms. The fourth-order valence-corrected chi connectivity index (χ4v) is 4.08. The lowest BCUT2D eigenvalue weighted by molar-refractivity contribution is 0.0931. The molecule has 1 amide bonds. The highest BCUT2D eigenvalue weighted by Crippen LogP contribution is 2.22. The molecule has 0 aliphatic heterocycles. The Kier molecular flexibility index (Phi) is 4.77. The SMILES string of the molecule is CC[C@H](NC(=O)c1cc(Cn2c(C)nc3ccccc32)[nH]n1)c1cccs1. The Morgan fingerprint density at radius 2 is 2.15 bits per heavy atom. The summed E-state index contributed by atoms with van der Waals surface area (Å²) in [5.74, 6) is 0.769. The van der Waals surface area contributed by atoms with Gasteiger partial charge in [0.1, 0.15) is 11.5 Å². The van der Waals surface area contributed by atoms with Crippen molar-refractivity contribution in [1.29, 1.82) is 0 Å². The summed E-state index contributed by atoms with van der Waals surface area (Å²) in [4.78, 5) is 18.3. The number of thiophene rings is 1. The normalized spacial score (nSPS) is 12.4. The van der Waals surface area contributed by atoms with E-state index in [0.717, 1.165) is 33.8 Å². The smallest absolute Gasteiger partial charge is 0.272 e. The summed E-state index contributed by atoms with van der Waals surface area (Å²) in [6.45, 7) is 4.64. The summed E-state index contributed by atoms with van der Waals surface area (Å²) in [6, 6.07) is 13.9. The number of H-pyrrole nitrogens is 1. The molecule has 2 N–H and O–H groups in total. The highest BCUT2D eigenvalue weighted by molar-refractivity contribution is 7.10. The van der Waals surface area contributed by atoms with Crippen molar-refractivity contribution in [3.8, 4) is 0 Å². The second-order valence-corrected chi connectivity index (χ2v) is 7.44. The molecule has 0 unspecified atom stereocenters. The Labute approximate surface area is 161 Å². The van der Waals surface area contributed by atoms with E-state index in [1.807, 2.05) is 54.8 Å². The molecule has 1 atom stereocenters. The van der Waals surface area contributed by atoms with E-state index in [1.165, 1.54) is 0 Å². The largest absolute Gasteiger partial charge is 0.343 e. The number of aromatic nitrogens is 4. The monoisotopic (exact) mass is 379 g/mol. The first-order valence-electron chi connectivity index (χ1n) is 8.96. The summed E-state index contributed by atoms with van der Waals surface area (Å²) in [5.41, 5.74) is 3.31. The van der Waals surface area contributed by atoms with Crippen LogP contribution in [0.4, 0.5) is 0 Å². The summed E-state index contributed by atoms with van der Waals surface area (Å²) in [5, 5.41) is 12.3. The number of benzene rings is 1. The molecular formula is C20H21N5OS. The molecule has 4 aromatic rings. The van der Waals surface area contributed by atoms with Gasteiger partial charge in [-0.1, -0.05) is 25.1 Å². The molecule has 0 spiro atoms. The summed E-state index contributed by atoms with van der Waals surface area (Å²) in [6.07, 6.45) is 0.837. The Hall–Kier alpha value is -2.93. The summed E-state index contributed by atoms with van der Waals surface area (Å²) >= 11 is 1.65. The van der Waals surface area contributed by atoms with Gasteiger partial charge in [-0.05, 0) is 43.0 Å².